The number of amides is 1. The lowest BCUT2D eigenvalue weighted by molar-refractivity contribution is -0.123. The van der Waals surface area contributed by atoms with Crippen molar-refractivity contribution in [3.63, 3.8) is 0 Å². The minimum absolute atomic E-state index is 0.0100. The van der Waals surface area contributed by atoms with Crippen molar-refractivity contribution in [1.82, 2.24) is 15.1 Å². The number of aromatic nitrogens is 2. The molecule has 0 fully saturated rings. The summed E-state index contributed by atoms with van der Waals surface area (Å²) in [6.45, 7) is 3.22. The molecule has 2 heterocycles. The summed E-state index contributed by atoms with van der Waals surface area (Å²) < 4.78 is 12.9. The lowest BCUT2D eigenvalue weighted by atomic mass is 10.1. The molecule has 6 nitrogen and oxygen atoms in total. The van der Waals surface area contributed by atoms with E-state index >= 15 is 0 Å². The van der Waals surface area contributed by atoms with Crippen molar-refractivity contribution in [2.75, 3.05) is 13.2 Å². The molecule has 1 aromatic carbocycles. The third-order valence-electron chi connectivity index (χ3n) is 3.54. The van der Waals surface area contributed by atoms with Crippen LogP contribution >= 0.6 is 0 Å². The third kappa shape index (κ3) is 3.39. The van der Waals surface area contributed by atoms with Crippen molar-refractivity contribution in [3.8, 4) is 11.5 Å². The van der Waals surface area contributed by atoms with E-state index in [0.29, 0.717) is 12.3 Å². The van der Waals surface area contributed by atoms with Crippen LogP contribution in [0.5, 0.6) is 11.5 Å². The molecule has 116 valence electrons. The van der Waals surface area contributed by atoms with Gasteiger partial charge in [-0.2, -0.15) is 5.10 Å². The molecule has 0 aliphatic carbocycles. The number of carbonyl (C=O) groups is 1. The SMILES string of the molecule is CCn1cc(OCC(=O)NCC2Cc3ccccc3O2)cn1. The fraction of sp³-hybridized carbons (Fsp3) is 0.375. The van der Waals surface area contributed by atoms with Gasteiger partial charge < -0.3 is 14.8 Å². The Morgan fingerprint density at radius 2 is 2.36 bits per heavy atom. The maximum Gasteiger partial charge on any atom is 0.258 e. The monoisotopic (exact) mass is 301 g/mol. The number of rotatable bonds is 6. The van der Waals surface area contributed by atoms with Crippen LogP contribution in [0.1, 0.15) is 12.5 Å². The molecule has 1 aromatic heterocycles. The Morgan fingerprint density at radius 1 is 1.50 bits per heavy atom. The molecule has 1 aliphatic heterocycles. The van der Waals surface area contributed by atoms with Crippen LogP contribution in [0.15, 0.2) is 36.7 Å². The molecule has 0 bridgehead atoms. The molecule has 6 heteroatoms. The number of ether oxygens (including phenoxy) is 2. The van der Waals surface area contributed by atoms with Gasteiger partial charge in [0.15, 0.2) is 12.4 Å². The van der Waals surface area contributed by atoms with Gasteiger partial charge in [-0.1, -0.05) is 18.2 Å². The smallest absolute Gasteiger partial charge is 0.258 e. The summed E-state index contributed by atoms with van der Waals surface area (Å²) in [5.74, 6) is 1.34. The summed E-state index contributed by atoms with van der Waals surface area (Å²) in [5, 5.41) is 6.92. The number of hydrogen-bond donors (Lipinski definition) is 1. The molecular weight excluding hydrogens is 282 g/mol. The average Bonchev–Trinajstić information content (AvgIpc) is 3.16. The van der Waals surface area contributed by atoms with Crippen LogP contribution in [0, 0.1) is 0 Å². The highest BCUT2D eigenvalue weighted by atomic mass is 16.5. The molecule has 0 saturated carbocycles. The number of hydrogen-bond acceptors (Lipinski definition) is 4. The summed E-state index contributed by atoms with van der Waals surface area (Å²) in [4.78, 5) is 11.8. The molecule has 1 N–H and O–H groups in total. The summed E-state index contributed by atoms with van der Waals surface area (Å²) in [7, 11) is 0. The zero-order valence-electron chi connectivity index (χ0n) is 12.5. The standard InChI is InChI=1S/C16H19N3O3/c1-2-19-10-14(9-18-19)21-11-16(20)17-8-13-7-12-5-3-4-6-15(12)22-13/h3-6,9-10,13H,2,7-8,11H2,1H3,(H,17,20). The van der Waals surface area contributed by atoms with Crippen molar-refractivity contribution in [2.24, 2.45) is 0 Å². The van der Waals surface area contributed by atoms with Gasteiger partial charge in [-0.15, -0.1) is 0 Å². The highest BCUT2D eigenvalue weighted by Gasteiger charge is 2.22. The number of nitrogens with one attached hydrogen (secondary N) is 1. The van der Waals surface area contributed by atoms with Crippen molar-refractivity contribution in [2.45, 2.75) is 26.0 Å². The Labute approximate surface area is 129 Å². The maximum atomic E-state index is 11.8. The molecule has 2 aromatic rings. The van der Waals surface area contributed by atoms with Crippen LogP contribution in [0.25, 0.3) is 0 Å². The zero-order chi connectivity index (χ0) is 15.4. The van der Waals surface area contributed by atoms with E-state index in [4.69, 9.17) is 9.47 Å². The second-order valence-corrected chi connectivity index (χ2v) is 5.18. The van der Waals surface area contributed by atoms with Crippen LogP contribution in [-0.4, -0.2) is 34.9 Å². The number of benzene rings is 1. The van der Waals surface area contributed by atoms with Gasteiger partial charge in [-0.25, -0.2) is 0 Å². The maximum absolute atomic E-state index is 11.8. The molecule has 3 rings (SSSR count). The highest BCUT2D eigenvalue weighted by molar-refractivity contribution is 5.77. The second-order valence-electron chi connectivity index (χ2n) is 5.18. The van der Waals surface area contributed by atoms with Crippen molar-refractivity contribution >= 4 is 5.91 Å². The third-order valence-corrected chi connectivity index (χ3v) is 3.54. The lowest BCUT2D eigenvalue weighted by Gasteiger charge is -2.12. The molecule has 1 unspecified atom stereocenters. The normalized spacial score (nSPS) is 16.0. The Morgan fingerprint density at radius 3 is 3.14 bits per heavy atom. The molecule has 0 saturated heterocycles. The van der Waals surface area contributed by atoms with Gasteiger partial charge in [0.25, 0.3) is 5.91 Å². The predicted molar refractivity (Wildman–Crippen MR) is 81.0 cm³/mol. The number of aryl methyl sites for hydroxylation is 1. The summed E-state index contributed by atoms with van der Waals surface area (Å²) in [6.07, 6.45) is 4.18. The summed E-state index contributed by atoms with van der Waals surface area (Å²) >= 11 is 0. The van der Waals surface area contributed by atoms with Crippen LogP contribution in [0.4, 0.5) is 0 Å². The minimum Gasteiger partial charge on any atom is -0.488 e. The molecule has 0 spiro atoms. The summed E-state index contributed by atoms with van der Waals surface area (Å²) in [6, 6.07) is 7.94. The van der Waals surface area contributed by atoms with E-state index in [2.05, 4.69) is 10.4 Å². The van der Waals surface area contributed by atoms with Crippen LogP contribution in [-0.2, 0) is 17.8 Å². The molecule has 1 atom stereocenters. The van der Waals surface area contributed by atoms with Crippen molar-refractivity contribution < 1.29 is 14.3 Å². The second kappa shape index (κ2) is 6.51. The number of fused-ring (bicyclic) bond motifs is 1. The largest absolute Gasteiger partial charge is 0.488 e. The number of para-hydroxylation sites is 1. The van der Waals surface area contributed by atoms with Gasteiger partial charge in [0.2, 0.25) is 0 Å². The molecule has 0 radical (unpaired) electrons. The van der Waals surface area contributed by atoms with Crippen molar-refractivity contribution in [3.05, 3.63) is 42.2 Å². The van der Waals surface area contributed by atoms with Gasteiger partial charge in [0.05, 0.1) is 18.9 Å². The van der Waals surface area contributed by atoms with Crippen LogP contribution in [0.3, 0.4) is 0 Å². The first-order chi connectivity index (χ1) is 10.7. The Kier molecular flexibility index (Phi) is 4.27. The van der Waals surface area contributed by atoms with E-state index in [1.54, 1.807) is 17.1 Å². The van der Waals surface area contributed by atoms with E-state index < -0.39 is 0 Å². The first-order valence-electron chi connectivity index (χ1n) is 7.41. The zero-order valence-corrected chi connectivity index (χ0v) is 12.5. The first kappa shape index (κ1) is 14.4. The van der Waals surface area contributed by atoms with E-state index in [9.17, 15) is 4.79 Å². The quantitative estimate of drug-likeness (QED) is 0.876. The minimum atomic E-state index is -0.163. The fourth-order valence-corrected chi connectivity index (χ4v) is 2.39. The topological polar surface area (TPSA) is 65.4 Å². The number of carbonyl (C=O) groups excluding carboxylic acids is 1. The molecule has 22 heavy (non-hydrogen) atoms. The first-order valence-corrected chi connectivity index (χ1v) is 7.41. The fourth-order valence-electron chi connectivity index (χ4n) is 2.39. The van der Waals surface area contributed by atoms with Gasteiger partial charge in [-0.3, -0.25) is 9.48 Å². The highest BCUT2D eigenvalue weighted by Crippen LogP contribution is 2.27. The Hall–Kier alpha value is -2.50. The summed E-state index contributed by atoms with van der Waals surface area (Å²) in [5.41, 5.74) is 1.19. The number of nitrogens with zero attached hydrogens (tertiary/aromatic N) is 2. The molecular formula is C16H19N3O3. The molecule has 1 aliphatic rings. The Balaban J connectivity index is 1.40. The van der Waals surface area contributed by atoms with E-state index in [-0.39, 0.29) is 18.6 Å². The van der Waals surface area contributed by atoms with Crippen molar-refractivity contribution in [1.29, 1.82) is 0 Å². The molecule has 1 amide bonds. The van der Waals surface area contributed by atoms with E-state index in [0.717, 1.165) is 18.7 Å². The average molecular weight is 301 g/mol. The van der Waals surface area contributed by atoms with Crippen LogP contribution < -0.4 is 14.8 Å². The predicted octanol–water partition coefficient (Wildman–Crippen LogP) is 1.40. The lowest BCUT2D eigenvalue weighted by Crippen LogP contribution is -2.37. The van der Waals surface area contributed by atoms with Gasteiger partial charge in [-0.05, 0) is 18.6 Å². The van der Waals surface area contributed by atoms with Crippen LogP contribution in [0.2, 0.25) is 0 Å². The van der Waals surface area contributed by atoms with Gasteiger partial charge >= 0.3 is 0 Å². The van der Waals surface area contributed by atoms with Gasteiger partial charge in [0.1, 0.15) is 11.9 Å². The van der Waals surface area contributed by atoms with E-state index in [1.807, 2.05) is 31.2 Å². The van der Waals surface area contributed by atoms with E-state index in [1.165, 1.54) is 5.56 Å². The van der Waals surface area contributed by atoms with Gasteiger partial charge in [0, 0.05) is 13.0 Å². The Bertz CT molecular complexity index is 629.